The summed E-state index contributed by atoms with van der Waals surface area (Å²) in [6, 6.07) is 9.93. The van der Waals surface area contributed by atoms with Gasteiger partial charge in [0.15, 0.2) is 0 Å². The number of anilines is 2. The molecule has 0 aliphatic carbocycles. The summed E-state index contributed by atoms with van der Waals surface area (Å²) >= 11 is 1.26. The van der Waals surface area contributed by atoms with Gasteiger partial charge in [-0.25, -0.2) is 8.42 Å². The Morgan fingerprint density at radius 3 is 2.24 bits per heavy atom. The maximum absolute atomic E-state index is 12.2. The molecular weight excluding hydrogens is 308 g/mol. The molecule has 112 valence electrons. The van der Waals surface area contributed by atoms with E-state index in [-0.39, 0.29) is 5.91 Å². The van der Waals surface area contributed by atoms with Gasteiger partial charge < -0.3 is 5.32 Å². The number of benzene rings is 1. The number of aryl methyl sites for hydroxylation is 1. The molecule has 0 unspecified atom stereocenters. The minimum atomic E-state index is -3.56. The molecule has 0 aliphatic heterocycles. The van der Waals surface area contributed by atoms with Gasteiger partial charge >= 0.3 is 0 Å². The van der Waals surface area contributed by atoms with Crippen molar-refractivity contribution >= 4 is 38.6 Å². The van der Waals surface area contributed by atoms with E-state index in [9.17, 15) is 13.2 Å². The van der Waals surface area contributed by atoms with Gasteiger partial charge in [-0.05, 0) is 42.8 Å². The average molecular weight is 324 g/mol. The van der Waals surface area contributed by atoms with Crippen molar-refractivity contribution in [2.24, 2.45) is 0 Å². The first-order valence-corrected chi connectivity index (χ1v) is 8.70. The Morgan fingerprint density at radius 1 is 1.10 bits per heavy atom. The highest BCUT2D eigenvalue weighted by molar-refractivity contribution is 7.94. The van der Waals surface area contributed by atoms with Crippen LogP contribution in [0.5, 0.6) is 0 Å². The van der Waals surface area contributed by atoms with Crippen molar-refractivity contribution in [3.63, 3.8) is 0 Å². The number of rotatable bonds is 5. The Morgan fingerprint density at radius 2 is 1.71 bits per heavy atom. The third-order valence-corrected chi connectivity index (χ3v) is 5.81. The van der Waals surface area contributed by atoms with Crippen molar-refractivity contribution in [2.75, 3.05) is 10.0 Å². The highest BCUT2D eigenvalue weighted by Crippen LogP contribution is 2.24. The molecule has 2 aromatic rings. The maximum atomic E-state index is 12.2. The van der Waals surface area contributed by atoms with Crippen LogP contribution < -0.4 is 10.0 Å². The second-order valence-electron chi connectivity index (χ2n) is 4.44. The molecule has 7 heteroatoms. The summed E-state index contributed by atoms with van der Waals surface area (Å²) < 4.78 is 27.3. The molecule has 2 rings (SSSR count). The predicted molar refractivity (Wildman–Crippen MR) is 85.3 cm³/mol. The van der Waals surface area contributed by atoms with Crippen LogP contribution in [0.3, 0.4) is 0 Å². The van der Waals surface area contributed by atoms with Crippen LogP contribution in [0.15, 0.2) is 40.6 Å². The van der Waals surface area contributed by atoms with Gasteiger partial charge in [-0.3, -0.25) is 9.52 Å². The van der Waals surface area contributed by atoms with Gasteiger partial charge in [0, 0.05) is 23.2 Å². The predicted octanol–water partition coefficient (Wildman–Crippen LogP) is 3.07. The first-order chi connectivity index (χ1) is 9.90. The quantitative estimate of drug-likeness (QED) is 0.887. The lowest BCUT2D eigenvalue weighted by Gasteiger charge is -2.07. The Labute approximate surface area is 128 Å². The van der Waals surface area contributed by atoms with Crippen LogP contribution in [-0.4, -0.2) is 14.3 Å². The van der Waals surface area contributed by atoms with Crippen molar-refractivity contribution in [1.82, 2.24) is 0 Å². The molecule has 5 nitrogen and oxygen atoms in total. The Kier molecular flexibility index (Phi) is 4.64. The minimum absolute atomic E-state index is 0.172. The van der Waals surface area contributed by atoms with Crippen LogP contribution in [0.4, 0.5) is 11.4 Å². The van der Waals surface area contributed by atoms with E-state index in [0.717, 1.165) is 11.3 Å². The average Bonchev–Trinajstić information content (AvgIpc) is 2.90. The maximum Gasteiger partial charge on any atom is 0.271 e. The summed E-state index contributed by atoms with van der Waals surface area (Å²) in [5.74, 6) is -0.172. The van der Waals surface area contributed by atoms with Gasteiger partial charge in [0.2, 0.25) is 5.91 Å². The lowest BCUT2D eigenvalue weighted by Crippen LogP contribution is -2.11. The molecule has 21 heavy (non-hydrogen) atoms. The molecular formula is C14H16N2O3S2. The van der Waals surface area contributed by atoms with E-state index in [1.165, 1.54) is 18.3 Å². The summed E-state index contributed by atoms with van der Waals surface area (Å²) in [5.41, 5.74) is 1.07. The highest BCUT2D eigenvalue weighted by atomic mass is 32.2. The first-order valence-electron chi connectivity index (χ1n) is 6.40. The van der Waals surface area contributed by atoms with Crippen molar-refractivity contribution in [2.45, 2.75) is 24.5 Å². The number of sulfonamides is 1. The normalized spacial score (nSPS) is 11.1. The fourth-order valence-corrected chi connectivity index (χ4v) is 4.08. The van der Waals surface area contributed by atoms with Crippen LogP contribution >= 0.6 is 11.3 Å². The number of amides is 1. The zero-order valence-corrected chi connectivity index (χ0v) is 13.3. The molecule has 0 atom stereocenters. The largest absolute Gasteiger partial charge is 0.326 e. The summed E-state index contributed by atoms with van der Waals surface area (Å²) in [6.45, 7) is 3.40. The number of carbonyl (C=O) groups excluding carboxylic acids is 1. The van der Waals surface area contributed by atoms with Crippen LogP contribution in [0.2, 0.25) is 0 Å². The number of carbonyl (C=O) groups is 1. The molecule has 0 saturated heterocycles. The van der Waals surface area contributed by atoms with E-state index < -0.39 is 10.0 Å². The van der Waals surface area contributed by atoms with Crippen LogP contribution in [0.25, 0.3) is 0 Å². The zero-order chi connectivity index (χ0) is 15.5. The van der Waals surface area contributed by atoms with Crippen LogP contribution in [-0.2, 0) is 21.2 Å². The lowest BCUT2D eigenvalue weighted by molar-refractivity contribution is -0.114. The fourth-order valence-electron chi connectivity index (χ4n) is 1.72. The molecule has 1 aromatic heterocycles. The fraction of sp³-hybridized carbons (Fsp3) is 0.214. The zero-order valence-electron chi connectivity index (χ0n) is 11.7. The van der Waals surface area contributed by atoms with E-state index >= 15 is 0 Å². The van der Waals surface area contributed by atoms with Gasteiger partial charge in [0.05, 0.1) is 0 Å². The standard InChI is InChI=1S/C14H16N2O3S2/c1-3-13-8-9-14(20-13)21(18,19)16-12-6-4-11(5-7-12)15-10(2)17/h4-9,16H,3H2,1-2H3,(H,15,17). The summed E-state index contributed by atoms with van der Waals surface area (Å²) in [7, 11) is -3.56. The molecule has 1 amide bonds. The Bertz CT molecular complexity index is 734. The van der Waals surface area contributed by atoms with Crippen LogP contribution in [0.1, 0.15) is 18.7 Å². The Balaban J connectivity index is 2.14. The Hall–Kier alpha value is -1.86. The number of hydrogen-bond donors (Lipinski definition) is 2. The van der Waals surface area contributed by atoms with E-state index in [1.807, 2.05) is 13.0 Å². The number of thiophene rings is 1. The van der Waals surface area contributed by atoms with E-state index in [1.54, 1.807) is 30.3 Å². The van der Waals surface area contributed by atoms with Gasteiger partial charge in [0.1, 0.15) is 4.21 Å². The summed E-state index contributed by atoms with van der Waals surface area (Å²) in [6.07, 6.45) is 0.811. The second-order valence-corrected chi connectivity index (χ2v) is 7.52. The lowest BCUT2D eigenvalue weighted by atomic mass is 10.3. The van der Waals surface area contributed by atoms with E-state index in [4.69, 9.17) is 0 Å². The number of hydrogen-bond acceptors (Lipinski definition) is 4. The molecule has 0 spiro atoms. The molecule has 2 N–H and O–H groups in total. The molecule has 0 fully saturated rings. The van der Waals surface area contributed by atoms with Gasteiger partial charge in [-0.15, -0.1) is 11.3 Å². The topological polar surface area (TPSA) is 75.3 Å². The third-order valence-electron chi connectivity index (χ3n) is 2.71. The summed E-state index contributed by atoms with van der Waals surface area (Å²) in [4.78, 5) is 11.9. The minimum Gasteiger partial charge on any atom is -0.326 e. The van der Waals surface area contributed by atoms with Gasteiger partial charge in [-0.1, -0.05) is 6.92 Å². The molecule has 1 aromatic carbocycles. The molecule has 0 radical (unpaired) electrons. The molecule has 0 bridgehead atoms. The van der Waals surface area contributed by atoms with E-state index in [2.05, 4.69) is 10.0 Å². The molecule has 1 heterocycles. The summed E-state index contributed by atoms with van der Waals surface area (Å²) in [5, 5.41) is 2.62. The molecule has 0 aliphatic rings. The van der Waals surface area contributed by atoms with Crippen molar-refractivity contribution in [3.8, 4) is 0 Å². The smallest absolute Gasteiger partial charge is 0.271 e. The van der Waals surface area contributed by atoms with Crippen molar-refractivity contribution in [1.29, 1.82) is 0 Å². The SMILES string of the molecule is CCc1ccc(S(=O)(=O)Nc2ccc(NC(C)=O)cc2)s1. The third kappa shape index (κ3) is 4.05. The monoisotopic (exact) mass is 324 g/mol. The molecule has 0 saturated carbocycles. The van der Waals surface area contributed by atoms with Gasteiger partial charge in [-0.2, -0.15) is 0 Å². The highest BCUT2D eigenvalue weighted by Gasteiger charge is 2.16. The van der Waals surface area contributed by atoms with Crippen LogP contribution in [0, 0.1) is 0 Å². The van der Waals surface area contributed by atoms with Crippen molar-refractivity contribution < 1.29 is 13.2 Å². The first kappa shape index (κ1) is 15.5. The van der Waals surface area contributed by atoms with Crippen molar-refractivity contribution in [3.05, 3.63) is 41.3 Å². The van der Waals surface area contributed by atoms with E-state index in [0.29, 0.717) is 15.6 Å². The number of nitrogens with one attached hydrogen (secondary N) is 2. The van der Waals surface area contributed by atoms with Gasteiger partial charge in [0.25, 0.3) is 10.0 Å². The second kappa shape index (κ2) is 6.28.